The summed E-state index contributed by atoms with van der Waals surface area (Å²) in [5, 5.41) is 18.0. The van der Waals surface area contributed by atoms with Crippen molar-refractivity contribution in [2.75, 3.05) is 19.7 Å². The van der Waals surface area contributed by atoms with Crippen LogP contribution in [0.25, 0.3) is 11.2 Å². The van der Waals surface area contributed by atoms with Crippen LogP contribution in [0.3, 0.4) is 0 Å². The number of hydrogen-bond acceptors (Lipinski definition) is 8. The third-order valence-corrected chi connectivity index (χ3v) is 3.68. The smallest absolute Gasteiger partial charge is 0.335 e. The number of rotatable bonds is 4. The Morgan fingerprint density at radius 2 is 2.26 bits per heavy atom. The number of nitrogens with zero attached hydrogens (tertiary/aromatic N) is 4. The van der Waals surface area contributed by atoms with Crippen molar-refractivity contribution in [1.82, 2.24) is 19.6 Å². The van der Waals surface area contributed by atoms with E-state index < -0.39 is 22.9 Å². The van der Waals surface area contributed by atoms with Crippen LogP contribution in [0, 0.1) is 5.21 Å². The van der Waals surface area contributed by atoms with E-state index in [4.69, 9.17) is 4.74 Å². The predicted octanol–water partition coefficient (Wildman–Crippen LogP) is -2.64. The number of hydrogen-bond donors (Lipinski definition) is 1. The number of carbonyl (C=O) groups excluding carboxylic acids is 1. The second-order valence-electron chi connectivity index (χ2n) is 5.05. The van der Waals surface area contributed by atoms with Crippen molar-refractivity contribution >= 4 is 16.9 Å². The summed E-state index contributed by atoms with van der Waals surface area (Å²) in [7, 11) is 0. The van der Waals surface area contributed by atoms with Gasteiger partial charge in [-0.15, -0.1) is 0 Å². The highest BCUT2D eigenvalue weighted by Gasteiger charge is 2.28. The summed E-state index contributed by atoms with van der Waals surface area (Å²) in [6.07, 6.45) is -0.695. The Morgan fingerprint density at radius 3 is 2.91 bits per heavy atom. The maximum atomic E-state index is 12.4. The van der Waals surface area contributed by atoms with Gasteiger partial charge in [0.1, 0.15) is 6.10 Å². The van der Waals surface area contributed by atoms with Crippen LogP contribution in [0.4, 0.5) is 0 Å². The molecule has 0 aromatic carbocycles. The number of carbonyl (C=O) groups is 1. The third kappa shape index (κ3) is 2.53. The number of nitrogens with one attached hydrogen (secondary N) is 1. The quantitative estimate of drug-likeness (QED) is 0.603. The van der Waals surface area contributed by atoms with Crippen LogP contribution >= 0.6 is 0 Å². The lowest BCUT2D eigenvalue weighted by Crippen LogP contribution is -2.47. The molecule has 1 N–H and O–H groups in total. The third-order valence-electron chi connectivity index (χ3n) is 3.68. The van der Waals surface area contributed by atoms with E-state index in [2.05, 4.69) is 15.1 Å². The average Bonchev–Trinajstić information content (AvgIpc) is 2.94. The number of morpholine rings is 1. The highest BCUT2D eigenvalue weighted by Crippen LogP contribution is 2.04. The Hall–Kier alpha value is -2.53. The average molecular weight is 325 g/mol. The van der Waals surface area contributed by atoms with Crippen molar-refractivity contribution in [3.8, 4) is 0 Å². The fraction of sp³-hybridized carbons (Fsp3) is 0.583. The van der Waals surface area contributed by atoms with Gasteiger partial charge in [0.05, 0.1) is 18.3 Å². The van der Waals surface area contributed by atoms with Gasteiger partial charge in [-0.25, -0.2) is 9.36 Å². The van der Waals surface area contributed by atoms with E-state index in [1.807, 2.05) is 0 Å². The Kier molecular flexibility index (Phi) is 3.96. The zero-order chi connectivity index (χ0) is 16.6. The molecular weight excluding hydrogens is 310 g/mol. The van der Waals surface area contributed by atoms with Gasteiger partial charge in [-0.05, 0) is 11.8 Å². The minimum absolute atomic E-state index is 0.0501. The summed E-state index contributed by atoms with van der Waals surface area (Å²) in [6.45, 7) is 2.64. The molecule has 11 nitrogen and oxygen atoms in total. The second-order valence-corrected chi connectivity index (χ2v) is 5.05. The van der Waals surface area contributed by atoms with Crippen molar-refractivity contribution in [2.24, 2.45) is 0 Å². The summed E-state index contributed by atoms with van der Waals surface area (Å²) in [4.78, 5) is 36.7. The fourth-order valence-electron chi connectivity index (χ4n) is 2.49. The fourth-order valence-corrected chi connectivity index (χ4v) is 2.49. The van der Waals surface area contributed by atoms with E-state index >= 15 is 0 Å². The molecular formula is C12H15N5O6. The minimum atomic E-state index is -0.803. The summed E-state index contributed by atoms with van der Waals surface area (Å²) >= 11 is 0. The number of ether oxygens (including phenoxy) is 1. The highest BCUT2D eigenvalue weighted by molar-refractivity contribution is 5.84. The van der Waals surface area contributed by atoms with Gasteiger partial charge in [-0.1, -0.05) is 0 Å². The van der Waals surface area contributed by atoms with Gasteiger partial charge in [0.15, 0.2) is 5.78 Å². The molecule has 0 saturated carbocycles. The number of fused-ring (bicyclic) bond motifs is 1. The van der Waals surface area contributed by atoms with Gasteiger partial charge in [0, 0.05) is 19.6 Å². The highest BCUT2D eigenvalue weighted by atomic mass is 16.8. The molecule has 11 heteroatoms. The summed E-state index contributed by atoms with van der Waals surface area (Å²) in [5.74, 6) is -0.359. The number of aromatic nitrogens is 4. The standard InChI is InChI=1S/C12H15N5O6/c1-2-15-11(19)9-10(14-23-17(9)21)16(12(15)20)6-7(18)8-5-13-3-4-22-8/h8,13H,2-6H2,1H3. The molecule has 3 heterocycles. The summed E-state index contributed by atoms with van der Waals surface area (Å²) in [6, 6.07) is 0. The molecule has 1 aliphatic rings. The van der Waals surface area contributed by atoms with E-state index in [1.54, 1.807) is 6.92 Å². The van der Waals surface area contributed by atoms with E-state index in [1.165, 1.54) is 0 Å². The molecule has 1 aliphatic heterocycles. The molecule has 0 spiro atoms. The summed E-state index contributed by atoms with van der Waals surface area (Å²) < 4.78 is 11.5. The van der Waals surface area contributed by atoms with Gasteiger partial charge in [0.25, 0.3) is 0 Å². The predicted molar refractivity (Wildman–Crippen MR) is 74.8 cm³/mol. The van der Waals surface area contributed by atoms with Crippen LogP contribution < -0.4 is 21.5 Å². The molecule has 1 saturated heterocycles. The van der Waals surface area contributed by atoms with Crippen LogP contribution in [-0.2, 0) is 22.6 Å². The van der Waals surface area contributed by atoms with Gasteiger partial charge < -0.3 is 15.3 Å². The van der Waals surface area contributed by atoms with Crippen LogP contribution in [0.1, 0.15) is 6.92 Å². The van der Waals surface area contributed by atoms with Gasteiger partial charge >= 0.3 is 22.4 Å². The summed E-state index contributed by atoms with van der Waals surface area (Å²) in [5.41, 5.74) is -2.20. The zero-order valence-electron chi connectivity index (χ0n) is 12.4. The monoisotopic (exact) mass is 325 g/mol. The molecule has 1 atom stereocenters. The minimum Gasteiger partial charge on any atom is -0.368 e. The first-order valence-corrected chi connectivity index (χ1v) is 7.12. The Labute approximate surface area is 128 Å². The molecule has 2 aromatic rings. The molecule has 3 rings (SSSR count). The number of Topliss-reactive ketones (excluding diaryl/α,β-unsaturated/α-hetero) is 1. The molecule has 23 heavy (non-hydrogen) atoms. The SMILES string of the molecule is CCn1c(=O)c2c(no[n+]2[O-])n(CC(=O)C2CNCCO2)c1=O. The Bertz CT molecular complexity index is 859. The largest absolute Gasteiger partial charge is 0.368 e. The van der Waals surface area contributed by atoms with Crippen LogP contribution in [0.15, 0.2) is 14.2 Å². The lowest BCUT2D eigenvalue weighted by molar-refractivity contribution is -0.782. The van der Waals surface area contributed by atoms with E-state index in [-0.39, 0.29) is 29.4 Å². The molecule has 1 unspecified atom stereocenters. The maximum absolute atomic E-state index is 12.4. The van der Waals surface area contributed by atoms with Gasteiger partial charge in [0.2, 0.25) is 0 Å². The lowest BCUT2D eigenvalue weighted by atomic mass is 10.2. The first kappa shape index (κ1) is 15.4. The molecule has 1 fully saturated rings. The molecule has 0 amide bonds. The first-order chi connectivity index (χ1) is 11.0. The van der Waals surface area contributed by atoms with Crippen LogP contribution in [-0.4, -0.2) is 45.9 Å². The molecule has 2 aromatic heterocycles. The van der Waals surface area contributed by atoms with Crippen molar-refractivity contribution in [3.63, 3.8) is 0 Å². The molecule has 0 aliphatic carbocycles. The zero-order valence-corrected chi connectivity index (χ0v) is 12.4. The van der Waals surface area contributed by atoms with E-state index in [0.29, 0.717) is 19.7 Å². The topological polar surface area (TPSA) is 135 Å². The normalized spacial score (nSPS) is 18.4. The van der Waals surface area contributed by atoms with Gasteiger partial charge in [-0.2, -0.15) is 0 Å². The van der Waals surface area contributed by atoms with Crippen LogP contribution in [0.5, 0.6) is 0 Å². The molecule has 124 valence electrons. The first-order valence-electron chi connectivity index (χ1n) is 7.12. The number of ketones is 1. The Morgan fingerprint density at radius 1 is 1.48 bits per heavy atom. The van der Waals surface area contributed by atoms with Crippen molar-refractivity contribution in [3.05, 3.63) is 26.0 Å². The van der Waals surface area contributed by atoms with Crippen molar-refractivity contribution in [2.45, 2.75) is 26.1 Å². The molecule has 0 radical (unpaired) electrons. The van der Waals surface area contributed by atoms with Crippen LogP contribution in [0.2, 0.25) is 0 Å². The maximum Gasteiger partial charge on any atom is 0.335 e. The lowest BCUT2D eigenvalue weighted by Gasteiger charge is -2.22. The van der Waals surface area contributed by atoms with Gasteiger partial charge in [-0.3, -0.25) is 18.8 Å². The van der Waals surface area contributed by atoms with Crippen molar-refractivity contribution in [1.29, 1.82) is 0 Å². The van der Waals surface area contributed by atoms with Crippen molar-refractivity contribution < 1.29 is 19.1 Å². The molecule has 0 bridgehead atoms. The van der Waals surface area contributed by atoms with E-state index in [9.17, 15) is 19.6 Å². The second kappa shape index (κ2) is 5.93. The van der Waals surface area contributed by atoms with E-state index in [0.717, 1.165) is 9.13 Å². The Balaban J connectivity index is 2.08.